The summed E-state index contributed by atoms with van der Waals surface area (Å²) in [4.78, 5) is 4.25. The molecule has 0 aliphatic carbocycles. The SMILES string of the molecule is C#CCOC[C@@H](O)CN(Cc1ccco1)Cc1c(-c2ccccc2)noc1N(CC)CC. The number of ether oxygens (including phenoxy) is 1. The average Bonchev–Trinajstić information content (AvgIpc) is 3.46. The van der Waals surface area contributed by atoms with E-state index in [4.69, 9.17) is 20.1 Å². The Balaban J connectivity index is 1.90. The molecule has 0 unspecified atom stereocenters. The second kappa shape index (κ2) is 12.1. The van der Waals surface area contributed by atoms with Crippen LogP contribution >= 0.6 is 0 Å². The van der Waals surface area contributed by atoms with E-state index in [0.29, 0.717) is 19.6 Å². The molecule has 0 aliphatic rings. The Labute approximate surface area is 189 Å². The number of terminal acetylenes is 1. The van der Waals surface area contributed by atoms with Crippen LogP contribution in [0.2, 0.25) is 0 Å². The first-order chi connectivity index (χ1) is 15.7. The number of aliphatic hydroxyl groups excluding tert-OH is 1. The maximum absolute atomic E-state index is 10.5. The topological polar surface area (TPSA) is 75.1 Å². The van der Waals surface area contributed by atoms with Crippen LogP contribution in [0.1, 0.15) is 25.2 Å². The molecule has 0 spiro atoms. The van der Waals surface area contributed by atoms with E-state index < -0.39 is 6.10 Å². The summed E-state index contributed by atoms with van der Waals surface area (Å²) in [5.41, 5.74) is 2.76. The molecule has 1 aromatic carbocycles. The number of anilines is 1. The van der Waals surface area contributed by atoms with E-state index >= 15 is 0 Å². The van der Waals surface area contributed by atoms with Crippen molar-refractivity contribution in [2.75, 3.05) is 37.7 Å². The maximum Gasteiger partial charge on any atom is 0.232 e. The number of aromatic nitrogens is 1. The molecule has 0 radical (unpaired) electrons. The van der Waals surface area contributed by atoms with Crippen molar-refractivity contribution in [3.63, 3.8) is 0 Å². The Morgan fingerprint density at radius 3 is 2.56 bits per heavy atom. The van der Waals surface area contributed by atoms with Crippen LogP contribution in [-0.2, 0) is 17.8 Å². The Hall–Kier alpha value is -3.05. The number of nitrogens with zero attached hydrogens (tertiary/aromatic N) is 3. The summed E-state index contributed by atoms with van der Waals surface area (Å²) in [7, 11) is 0. The monoisotopic (exact) mass is 437 g/mol. The summed E-state index contributed by atoms with van der Waals surface area (Å²) >= 11 is 0. The van der Waals surface area contributed by atoms with Gasteiger partial charge in [-0.05, 0) is 26.0 Å². The van der Waals surface area contributed by atoms with Crippen molar-refractivity contribution >= 4 is 5.88 Å². The molecule has 7 nitrogen and oxygen atoms in total. The summed E-state index contributed by atoms with van der Waals surface area (Å²) in [6.07, 6.45) is 6.19. The van der Waals surface area contributed by atoms with Crippen molar-refractivity contribution < 1.29 is 18.8 Å². The largest absolute Gasteiger partial charge is 0.468 e. The lowest BCUT2D eigenvalue weighted by Crippen LogP contribution is -2.35. The van der Waals surface area contributed by atoms with Gasteiger partial charge in [0, 0.05) is 31.7 Å². The van der Waals surface area contributed by atoms with Gasteiger partial charge in [-0.1, -0.05) is 41.4 Å². The van der Waals surface area contributed by atoms with E-state index in [1.54, 1.807) is 6.26 Å². The number of hydrogen-bond donors (Lipinski definition) is 1. The zero-order chi connectivity index (χ0) is 22.8. The van der Waals surface area contributed by atoms with Crippen molar-refractivity contribution in [2.24, 2.45) is 0 Å². The van der Waals surface area contributed by atoms with Crippen LogP contribution < -0.4 is 4.90 Å². The lowest BCUT2D eigenvalue weighted by Gasteiger charge is -2.26. The highest BCUT2D eigenvalue weighted by molar-refractivity contribution is 5.68. The molecule has 0 saturated carbocycles. The van der Waals surface area contributed by atoms with Gasteiger partial charge in [0.15, 0.2) is 0 Å². The molecule has 3 rings (SSSR count). The Kier molecular flexibility index (Phi) is 8.93. The Morgan fingerprint density at radius 1 is 1.12 bits per heavy atom. The molecule has 1 N–H and O–H groups in total. The third-order valence-corrected chi connectivity index (χ3v) is 5.17. The summed E-state index contributed by atoms with van der Waals surface area (Å²) in [5, 5.41) is 15.0. The van der Waals surface area contributed by atoms with E-state index in [2.05, 4.69) is 34.7 Å². The third-order valence-electron chi connectivity index (χ3n) is 5.17. The van der Waals surface area contributed by atoms with Crippen LogP contribution in [0, 0.1) is 12.3 Å². The molecule has 3 aromatic rings. The fourth-order valence-corrected chi connectivity index (χ4v) is 3.66. The summed E-state index contributed by atoms with van der Waals surface area (Å²) in [5.74, 6) is 3.98. The van der Waals surface area contributed by atoms with Gasteiger partial charge in [-0.25, -0.2) is 0 Å². The predicted molar refractivity (Wildman–Crippen MR) is 124 cm³/mol. The van der Waals surface area contributed by atoms with Crippen LogP contribution in [0.4, 0.5) is 5.88 Å². The van der Waals surface area contributed by atoms with Gasteiger partial charge >= 0.3 is 0 Å². The van der Waals surface area contributed by atoms with Crippen molar-refractivity contribution in [3.05, 3.63) is 60.1 Å². The lowest BCUT2D eigenvalue weighted by atomic mass is 10.1. The first kappa shape index (κ1) is 23.6. The minimum atomic E-state index is -0.699. The molecule has 0 fully saturated rings. The van der Waals surface area contributed by atoms with Crippen molar-refractivity contribution in [1.82, 2.24) is 10.1 Å². The van der Waals surface area contributed by atoms with Crippen molar-refractivity contribution in [1.29, 1.82) is 0 Å². The second-order valence-electron chi connectivity index (χ2n) is 7.48. The molecule has 32 heavy (non-hydrogen) atoms. The first-order valence-corrected chi connectivity index (χ1v) is 10.9. The van der Waals surface area contributed by atoms with E-state index in [0.717, 1.165) is 41.6 Å². The zero-order valence-electron chi connectivity index (χ0n) is 18.7. The van der Waals surface area contributed by atoms with E-state index in [9.17, 15) is 5.11 Å². The normalized spacial score (nSPS) is 12.1. The third kappa shape index (κ3) is 6.24. The predicted octanol–water partition coefficient (Wildman–Crippen LogP) is 3.79. The van der Waals surface area contributed by atoms with Gasteiger partial charge in [0.05, 0.1) is 31.1 Å². The Morgan fingerprint density at radius 2 is 1.91 bits per heavy atom. The van der Waals surface area contributed by atoms with Crippen LogP contribution in [-0.4, -0.2) is 54.1 Å². The highest BCUT2D eigenvalue weighted by Gasteiger charge is 2.25. The number of hydrogen-bond acceptors (Lipinski definition) is 7. The van der Waals surface area contributed by atoms with Crippen LogP contribution in [0.25, 0.3) is 11.3 Å². The van der Waals surface area contributed by atoms with Crippen LogP contribution in [0.3, 0.4) is 0 Å². The fraction of sp³-hybridized carbons (Fsp3) is 0.400. The van der Waals surface area contributed by atoms with Gasteiger partial charge in [0.2, 0.25) is 5.88 Å². The average molecular weight is 438 g/mol. The quantitative estimate of drug-likeness (QED) is 0.322. The molecular formula is C25H31N3O4. The molecule has 0 bridgehead atoms. The Bertz CT molecular complexity index is 959. The first-order valence-electron chi connectivity index (χ1n) is 10.9. The zero-order valence-corrected chi connectivity index (χ0v) is 18.7. The van der Waals surface area contributed by atoms with Gasteiger partial charge < -0.3 is 23.7 Å². The van der Waals surface area contributed by atoms with Crippen molar-refractivity contribution in [3.8, 4) is 23.6 Å². The second-order valence-corrected chi connectivity index (χ2v) is 7.48. The maximum atomic E-state index is 10.5. The molecule has 2 heterocycles. The number of aliphatic hydroxyl groups is 1. The number of rotatable bonds is 13. The number of furan rings is 1. The molecule has 7 heteroatoms. The summed E-state index contributed by atoms with van der Waals surface area (Å²) in [6, 6.07) is 13.8. The molecule has 170 valence electrons. The summed E-state index contributed by atoms with van der Waals surface area (Å²) in [6.45, 7) is 7.53. The fourth-order valence-electron chi connectivity index (χ4n) is 3.66. The van der Waals surface area contributed by atoms with Gasteiger partial charge in [0.1, 0.15) is 18.1 Å². The highest BCUT2D eigenvalue weighted by Crippen LogP contribution is 2.32. The van der Waals surface area contributed by atoms with Gasteiger partial charge in [-0.2, -0.15) is 0 Å². The van der Waals surface area contributed by atoms with Crippen molar-refractivity contribution in [2.45, 2.75) is 33.0 Å². The molecule has 0 saturated heterocycles. The van der Waals surface area contributed by atoms with Gasteiger partial charge in [-0.15, -0.1) is 6.42 Å². The van der Waals surface area contributed by atoms with Crippen LogP contribution in [0.15, 0.2) is 57.7 Å². The highest BCUT2D eigenvalue weighted by atomic mass is 16.5. The molecule has 0 amide bonds. The van der Waals surface area contributed by atoms with Gasteiger partial charge in [-0.3, -0.25) is 4.90 Å². The van der Waals surface area contributed by atoms with Crippen LogP contribution in [0.5, 0.6) is 0 Å². The van der Waals surface area contributed by atoms with Gasteiger partial charge in [0.25, 0.3) is 0 Å². The lowest BCUT2D eigenvalue weighted by molar-refractivity contribution is 0.0230. The standard InChI is InChI=1S/C25H31N3O4/c1-4-14-30-19-21(29)16-27(17-22-13-10-15-31-22)18-23-24(20-11-8-7-9-12-20)26-32-25(23)28(5-2)6-3/h1,7-13,15,21,29H,5-6,14,16-19H2,2-3H3/t21-/m0/s1. The summed E-state index contributed by atoms with van der Waals surface area (Å²) < 4.78 is 16.7. The minimum Gasteiger partial charge on any atom is -0.468 e. The molecule has 0 aliphatic heterocycles. The molecular weight excluding hydrogens is 406 g/mol. The van der Waals surface area contributed by atoms with E-state index in [-0.39, 0.29) is 13.2 Å². The molecule has 2 aromatic heterocycles. The minimum absolute atomic E-state index is 0.164. The van der Waals surface area contributed by atoms with E-state index in [1.165, 1.54) is 0 Å². The molecule has 1 atom stereocenters. The smallest absolute Gasteiger partial charge is 0.232 e. The van der Waals surface area contributed by atoms with E-state index in [1.807, 2.05) is 42.5 Å². The number of benzene rings is 1.